The Balaban J connectivity index is 1.85. The number of methoxy groups -OCH3 is 1. The average Bonchev–Trinajstić information content (AvgIpc) is 3.24. The molecule has 0 bridgehead atoms. The highest BCUT2D eigenvalue weighted by Crippen LogP contribution is 2.26. The number of nitrogens with one attached hydrogen (secondary N) is 1. The number of hydrogen-bond donors (Lipinski definition) is 2. The Morgan fingerprint density at radius 3 is 2.50 bits per heavy atom. The van der Waals surface area contributed by atoms with Crippen LogP contribution in [0.5, 0.6) is 5.75 Å². The van der Waals surface area contributed by atoms with Crippen molar-refractivity contribution in [1.82, 2.24) is 10.1 Å². The molecular weight excluding hydrogens is 380 g/mol. The van der Waals surface area contributed by atoms with E-state index < -0.39 is 0 Å². The minimum atomic E-state index is -0.0994. The first kappa shape index (κ1) is 21.3. The first-order chi connectivity index (χ1) is 14.6. The van der Waals surface area contributed by atoms with E-state index in [1.54, 1.807) is 7.11 Å². The number of aromatic nitrogens is 2. The Labute approximate surface area is 175 Å². The fraction of sp³-hybridized carbons (Fsp3) is 0.261. The number of allylic oxidation sites excluding steroid dienone is 1. The number of unbranched alkanes of at least 4 members (excludes halogenated alkanes) is 1. The zero-order chi connectivity index (χ0) is 21.3. The molecule has 0 radical (unpaired) electrons. The number of nitrogens with zero attached hydrogens (tertiary/aromatic N) is 2. The van der Waals surface area contributed by atoms with Gasteiger partial charge in [0.25, 0.3) is 5.89 Å². The molecular formula is C23H26N4O3. The van der Waals surface area contributed by atoms with Crippen LogP contribution in [-0.2, 0) is 4.79 Å². The Kier molecular flexibility index (Phi) is 7.34. The molecule has 0 atom stereocenters. The maximum absolute atomic E-state index is 11.2. The van der Waals surface area contributed by atoms with Gasteiger partial charge in [-0.25, -0.2) is 0 Å². The van der Waals surface area contributed by atoms with Crippen molar-refractivity contribution in [3.63, 3.8) is 0 Å². The monoisotopic (exact) mass is 406 g/mol. The molecule has 0 aliphatic rings. The minimum absolute atomic E-state index is 0.0994. The molecule has 0 aliphatic carbocycles. The fourth-order valence-electron chi connectivity index (χ4n) is 2.98. The Morgan fingerprint density at radius 2 is 1.87 bits per heavy atom. The van der Waals surface area contributed by atoms with Gasteiger partial charge in [0, 0.05) is 23.7 Å². The van der Waals surface area contributed by atoms with E-state index >= 15 is 0 Å². The predicted molar refractivity (Wildman–Crippen MR) is 118 cm³/mol. The summed E-state index contributed by atoms with van der Waals surface area (Å²) in [6.07, 6.45) is 4.64. The molecule has 30 heavy (non-hydrogen) atoms. The molecule has 3 aromatic rings. The summed E-state index contributed by atoms with van der Waals surface area (Å²) in [5, 5.41) is 6.90. The normalized spacial score (nSPS) is 11.4. The second-order valence-corrected chi connectivity index (χ2v) is 6.87. The molecule has 0 unspecified atom stereocenters. The maximum atomic E-state index is 11.2. The van der Waals surface area contributed by atoms with Gasteiger partial charge in [0.15, 0.2) is 0 Å². The lowest BCUT2D eigenvalue weighted by molar-refractivity contribution is -0.114. The topological polar surface area (TPSA) is 103 Å². The summed E-state index contributed by atoms with van der Waals surface area (Å²) in [6, 6.07) is 15.1. The molecule has 1 amide bonds. The summed E-state index contributed by atoms with van der Waals surface area (Å²) < 4.78 is 10.8. The van der Waals surface area contributed by atoms with Crippen molar-refractivity contribution in [3.8, 4) is 17.1 Å². The zero-order valence-electron chi connectivity index (χ0n) is 17.2. The van der Waals surface area contributed by atoms with E-state index in [0.717, 1.165) is 47.4 Å². The van der Waals surface area contributed by atoms with Crippen LogP contribution in [0.1, 0.15) is 37.6 Å². The first-order valence-corrected chi connectivity index (χ1v) is 9.86. The van der Waals surface area contributed by atoms with Gasteiger partial charge in [-0.2, -0.15) is 4.98 Å². The highest BCUT2D eigenvalue weighted by atomic mass is 16.5. The molecule has 0 spiro atoms. The van der Waals surface area contributed by atoms with Crippen LogP contribution in [0.4, 0.5) is 5.69 Å². The highest BCUT2D eigenvalue weighted by molar-refractivity contribution is 5.89. The SMILES string of the molecule is COc1ccc(-c2noc(/C(=C/c3ccc(NC(C)=O)cc3)CCCCN)n2)cc1. The third-order valence-electron chi connectivity index (χ3n) is 4.52. The van der Waals surface area contributed by atoms with Crippen molar-refractivity contribution in [3.05, 3.63) is 60.0 Å². The van der Waals surface area contributed by atoms with Crippen molar-refractivity contribution in [2.45, 2.75) is 26.2 Å². The fourth-order valence-corrected chi connectivity index (χ4v) is 2.98. The number of amides is 1. The Morgan fingerprint density at radius 1 is 1.13 bits per heavy atom. The van der Waals surface area contributed by atoms with E-state index in [1.807, 2.05) is 54.6 Å². The number of hydrogen-bond acceptors (Lipinski definition) is 6. The standard InChI is InChI=1S/C23H26N4O3/c1-16(28)25-20-10-6-17(7-11-20)15-19(5-3-4-14-24)23-26-22(27-30-23)18-8-12-21(29-2)13-9-18/h6-13,15H,3-5,14,24H2,1-2H3,(H,25,28)/b19-15+. The van der Waals surface area contributed by atoms with Gasteiger partial charge < -0.3 is 20.3 Å². The number of anilines is 1. The predicted octanol–water partition coefficient (Wildman–Crippen LogP) is 4.37. The molecule has 7 heteroatoms. The van der Waals surface area contributed by atoms with Crippen LogP contribution < -0.4 is 15.8 Å². The van der Waals surface area contributed by atoms with Gasteiger partial charge in [0.1, 0.15) is 5.75 Å². The Bertz CT molecular complexity index is 992. The molecule has 0 saturated carbocycles. The number of nitrogens with two attached hydrogens (primary N) is 1. The van der Waals surface area contributed by atoms with Crippen molar-refractivity contribution >= 4 is 23.2 Å². The summed E-state index contributed by atoms with van der Waals surface area (Å²) in [7, 11) is 1.63. The second kappa shape index (κ2) is 10.4. The number of carbonyl (C=O) groups excluding carboxylic acids is 1. The first-order valence-electron chi connectivity index (χ1n) is 9.86. The van der Waals surface area contributed by atoms with E-state index in [-0.39, 0.29) is 5.91 Å². The van der Waals surface area contributed by atoms with Crippen LogP contribution >= 0.6 is 0 Å². The number of ether oxygens (including phenoxy) is 1. The average molecular weight is 406 g/mol. The quantitative estimate of drug-likeness (QED) is 0.511. The van der Waals surface area contributed by atoms with Crippen molar-refractivity contribution in [2.75, 3.05) is 19.0 Å². The molecule has 156 valence electrons. The number of rotatable bonds is 9. The van der Waals surface area contributed by atoms with Crippen molar-refractivity contribution in [2.24, 2.45) is 5.73 Å². The summed E-state index contributed by atoms with van der Waals surface area (Å²) in [6.45, 7) is 2.12. The van der Waals surface area contributed by atoms with Gasteiger partial charge in [-0.05, 0) is 73.8 Å². The smallest absolute Gasteiger partial charge is 0.254 e. The molecule has 3 N–H and O–H groups in total. The largest absolute Gasteiger partial charge is 0.497 e. The lowest BCUT2D eigenvalue weighted by Crippen LogP contribution is -2.05. The molecule has 1 heterocycles. The van der Waals surface area contributed by atoms with Crippen LogP contribution in [0.25, 0.3) is 23.0 Å². The van der Waals surface area contributed by atoms with Gasteiger partial charge in [0.05, 0.1) is 7.11 Å². The van der Waals surface area contributed by atoms with Crippen LogP contribution in [0.15, 0.2) is 53.1 Å². The molecule has 2 aromatic carbocycles. The molecule has 3 rings (SSSR count). The van der Waals surface area contributed by atoms with Crippen LogP contribution in [0.2, 0.25) is 0 Å². The van der Waals surface area contributed by atoms with Crippen LogP contribution in [-0.4, -0.2) is 29.7 Å². The molecule has 0 saturated heterocycles. The summed E-state index contributed by atoms with van der Waals surface area (Å²) in [5.74, 6) is 1.69. The van der Waals surface area contributed by atoms with E-state index in [2.05, 4.69) is 15.5 Å². The Hall–Kier alpha value is -3.45. The number of carbonyl (C=O) groups is 1. The molecule has 1 aromatic heterocycles. The van der Waals surface area contributed by atoms with E-state index in [4.69, 9.17) is 15.0 Å². The molecule has 0 aliphatic heterocycles. The lowest BCUT2D eigenvalue weighted by atomic mass is 10.0. The summed E-state index contributed by atoms with van der Waals surface area (Å²) >= 11 is 0. The lowest BCUT2D eigenvalue weighted by Gasteiger charge is -2.05. The summed E-state index contributed by atoms with van der Waals surface area (Å²) in [4.78, 5) is 15.8. The number of benzene rings is 2. The van der Waals surface area contributed by atoms with Gasteiger partial charge in [0.2, 0.25) is 11.7 Å². The van der Waals surface area contributed by atoms with Gasteiger partial charge >= 0.3 is 0 Å². The minimum Gasteiger partial charge on any atom is -0.497 e. The maximum Gasteiger partial charge on any atom is 0.254 e. The van der Waals surface area contributed by atoms with Crippen LogP contribution in [0.3, 0.4) is 0 Å². The van der Waals surface area contributed by atoms with Crippen molar-refractivity contribution < 1.29 is 14.1 Å². The zero-order valence-corrected chi connectivity index (χ0v) is 17.2. The van der Waals surface area contributed by atoms with E-state index in [9.17, 15) is 4.79 Å². The van der Waals surface area contributed by atoms with E-state index in [1.165, 1.54) is 6.92 Å². The van der Waals surface area contributed by atoms with Crippen LogP contribution in [0, 0.1) is 0 Å². The highest BCUT2D eigenvalue weighted by Gasteiger charge is 2.13. The summed E-state index contributed by atoms with van der Waals surface area (Å²) in [5.41, 5.74) is 9.19. The van der Waals surface area contributed by atoms with E-state index in [0.29, 0.717) is 18.3 Å². The van der Waals surface area contributed by atoms with Gasteiger partial charge in [-0.3, -0.25) is 4.79 Å². The molecule has 0 fully saturated rings. The molecule has 7 nitrogen and oxygen atoms in total. The third-order valence-corrected chi connectivity index (χ3v) is 4.52. The van der Waals surface area contributed by atoms with Gasteiger partial charge in [-0.15, -0.1) is 0 Å². The van der Waals surface area contributed by atoms with Crippen molar-refractivity contribution in [1.29, 1.82) is 0 Å². The second-order valence-electron chi connectivity index (χ2n) is 6.87. The van der Waals surface area contributed by atoms with Gasteiger partial charge in [-0.1, -0.05) is 17.3 Å². The third kappa shape index (κ3) is 5.78.